The van der Waals surface area contributed by atoms with Crippen molar-refractivity contribution in [2.45, 2.75) is 334 Å². The van der Waals surface area contributed by atoms with Gasteiger partial charge in [0.1, 0.15) is 17.3 Å². The SMILES string of the molecule is C1CC2CC1C1C3CCC(C3)C21.CCC(C)(C)C(=O)OC(C)C.CCC(C)(C)C(=O)OC1(C(C)C)CCCC1.CCC(C)(C)C(=O)OC1(C)CC(=O)OC1C.CCC(C)(C)C(=O)OC12CC3CC(CC(O)(C3)C1)C2.CCC(C)(C)C(=O)OC1CC(=O)N(C)C1=O. The molecule has 1 N–H and O–H groups in total. The molecule has 11 rings (SSSR count). The number of cyclic esters (lactones) is 1. The Hall–Kier alpha value is -4.08. The number of hydrogen-bond acceptors (Lipinski definition) is 15. The van der Waals surface area contributed by atoms with Crippen LogP contribution in [0.4, 0.5) is 0 Å². The molecule has 0 spiro atoms. The molecule has 9 aliphatic carbocycles. The van der Waals surface area contributed by atoms with Gasteiger partial charge < -0.3 is 33.5 Å². The fourth-order valence-corrected chi connectivity index (χ4v) is 15.7. The van der Waals surface area contributed by atoms with E-state index in [4.69, 9.17) is 28.4 Å². The first-order chi connectivity index (χ1) is 41.4. The summed E-state index contributed by atoms with van der Waals surface area (Å²) >= 11 is 0. The van der Waals surface area contributed by atoms with Crippen LogP contribution in [0.2, 0.25) is 0 Å². The lowest BCUT2D eigenvalue weighted by atomic mass is 9.52. The van der Waals surface area contributed by atoms with Crippen molar-refractivity contribution in [1.29, 1.82) is 0 Å². The van der Waals surface area contributed by atoms with Crippen molar-refractivity contribution in [3.05, 3.63) is 0 Å². The van der Waals surface area contributed by atoms with Crippen molar-refractivity contribution in [3.8, 4) is 0 Å². The van der Waals surface area contributed by atoms with Crippen LogP contribution in [0.3, 0.4) is 0 Å². The highest BCUT2D eigenvalue weighted by molar-refractivity contribution is 6.05. The maximum Gasteiger partial charge on any atom is 0.312 e. The van der Waals surface area contributed by atoms with Gasteiger partial charge in [0.05, 0.1) is 51.6 Å². The molecule has 516 valence electrons. The maximum atomic E-state index is 12.4. The first-order valence-electron chi connectivity index (χ1n) is 35.3. The van der Waals surface area contributed by atoms with E-state index in [0.29, 0.717) is 37.0 Å². The number of aliphatic hydroxyl groups is 1. The standard InChI is InChI=1S/C16H26O3.C14H26O2.C12H20O4.C12H18.C11H17NO4.C9H18O2/c1-4-14(2,3)13(17)19-16-8-11-5-12(9-16)7-15(18,6-11)10-16;1-6-13(4,5)12(15)16-14(11(2)3)9-7-8-10-14;1-6-11(3,4)10(14)16-12(5)7-9(13)15-8(12)2;1-2-8-5-7(1)11-9-3-4-10(6-9)12(8)11;1-5-11(2,3)10(15)16-7-6-8(13)12(4)9(7)14;1-6-9(4,5)8(10)11-7(2)3/h11-12,18H,4-10H2,1-3H3;11H,6-10H2,1-5H3;8H,6-7H2,1-5H3;7-12H,1-6H2;7H,5-6H2,1-4H3;7H,6H2,1-5H3. The van der Waals surface area contributed by atoms with E-state index in [0.717, 1.165) is 62.7 Å². The molecule has 0 aromatic carbocycles. The first kappa shape index (κ1) is 76.6. The molecular weight excluding hydrogens is 1140 g/mol. The van der Waals surface area contributed by atoms with E-state index in [1.54, 1.807) is 66.2 Å². The fraction of sp³-hybridized carbons (Fsp3) is 0.892. The van der Waals surface area contributed by atoms with Gasteiger partial charge in [-0.1, -0.05) is 48.5 Å². The van der Waals surface area contributed by atoms with Gasteiger partial charge >= 0.3 is 35.8 Å². The second kappa shape index (κ2) is 29.7. The van der Waals surface area contributed by atoms with Crippen LogP contribution < -0.4 is 0 Å². The van der Waals surface area contributed by atoms with E-state index in [2.05, 4.69) is 13.8 Å². The minimum atomic E-state index is -0.934. The Balaban J connectivity index is 0.000000198. The van der Waals surface area contributed by atoms with Gasteiger partial charge in [0.2, 0.25) is 5.91 Å². The van der Waals surface area contributed by atoms with E-state index >= 15 is 0 Å². The molecule has 11 aliphatic rings. The van der Waals surface area contributed by atoms with Gasteiger partial charge in [-0.05, 0) is 279 Å². The Labute approximate surface area is 543 Å². The van der Waals surface area contributed by atoms with Crippen LogP contribution in [0.25, 0.3) is 0 Å². The van der Waals surface area contributed by atoms with Gasteiger partial charge in [-0.3, -0.25) is 43.3 Å². The van der Waals surface area contributed by atoms with E-state index in [-0.39, 0.29) is 82.8 Å². The molecule has 8 bridgehead atoms. The number of nitrogens with zero attached hydrogens (tertiary/aromatic N) is 1. The number of amides is 2. The Kier molecular flexibility index (Phi) is 25.3. The quantitative estimate of drug-likeness (QED) is 0.0658. The second-order valence-electron chi connectivity index (χ2n) is 33.4. The Morgan fingerprint density at radius 1 is 0.589 bits per heavy atom. The van der Waals surface area contributed by atoms with Crippen LogP contribution >= 0.6 is 0 Å². The summed E-state index contributed by atoms with van der Waals surface area (Å²) in [6.45, 7) is 40.2. The fourth-order valence-electron chi connectivity index (χ4n) is 15.7. The number of carbonyl (C=O) groups is 8. The molecule has 9 unspecified atom stereocenters. The molecule has 2 amide bonds. The summed E-state index contributed by atoms with van der Waals surface area (Å²) in [7, 11) is 1.39. The average molecular weight is 1270 g/mol. The van der Waals surface area contributed by atoms with Crippen LogP contribution in [0.5, 0.6) is 0 Å². The van der Waals surface area contributed by atoms with E-state index in [1.165, 1.54) is 61.8 Å². The number of fused-ring (bicyclic) bond motifs is 9. The van der Waals surface area contributed by atoms with Crippen molar-refractivity contribution in [3.63, 3.8) is 0 Å². The number of imide groups is 1. The number of esters is 6. The van der Waals surface area contributed by atoms with Crippen molar-refractivity contribution in [1.82, 2.24) is 4.90 Å². The molecule has 2 heterocycles. The molecule has 2 saturated heterocycles. The highest BCUT2D eigenvalue weighted by Gasteiger charge is 2.61. The Morgan fingerprint density at radius 3 is 1.34 bits per heavy atom. The number of rotatable bonds is 16. The number of ether oxygens (including phenoxy) is 6. The molecule has 0 radical (unpaired) electrons. The Morgan fingerprint density at radius 2 is 0.989 bits per heavy atom. The topological polar surface area (TPSA) is 215 Å². The molecular formula is C74H125NO15. The zero-order chi connectivity index (χ0) is 68.1. The number of hydrogen-bond donors (Lipinski definition) is 1. The third-order valence-corrected chi connectivity index (χ3v) is 23.8. The van der Waals surface area contributed by atoms with Crippen LogP contribution in [-0.4, -0.2) is 105 Å². The molecule has 9 atom stereocenters. The lowest BCUT2D eigenvalue weighted by molar-refractivity contribution is -0.225. The van der Waals surface area contributed by atoms with Crippen molar-refractivity contribution >= 4 is 47.6 Å². The average Bonchev–Trinajstić information content (AvgIpc) is 1.29. The lowest BCUT2D eigenvalue weighted by Crippen LogP contribution is -2.61. The predicted octanol–water partition coefficient (Wildman–Crippen LogP) is 15.2. The molecule has 16 nitrogen and oxygen atoms in total. The molecule has 16 heteroatoms. The third kappa shape index (κ3) is 18.2. The minimum absolute atomic E-state index is 0.00618. The monoisotopic (exact) mass is 1270 g/mol. The summed E-state index contributed by atoms with van der Waals surface area (Å²) < 4.78 is 32.4. The van der Waals surface area contributed by atoms with Gasteiger partial charge in [0, 0.05) is 13.5 Å². The highest BCUT2D eigenvalue weighted by Crippen LogP contribution is 2.67. The molecule has 90 heavy (non-hydrogen) atoms. The summed E-state index contributed by atoms with van der Waals surface area (Å²) in [4.78, 5) is 94.3. The van der Waals surface area contributed by atoms with E-state index < -0.39 is 45.4 Å². The third-order valence-electron chi connectivity index (χ3n) is 23.8. The summed E-state index contributed by atoms with van der Waals surface area (Å²) in [5.41, 5.74) is -4.13. The zero-order valence-electron chi connectivity index (χ0n) is 60.3. The maximum absolute atomic E-state index is 12.4. The van der Waals surface area contributed by atoms with Gasteiger partial charge in [-0.25, -0.2) is 0 Å². The second-order valence-corrected chi connectivity index (χ2v) is 33.4. The highest BCUT2D eigenvalue weighted by atomic mass is 16.6. The number of carbonyl (C=O) groups excluding carboxylic acids is 8. The number of likely N-dealkylation sites (tertiary alicyclic amines) is 1. The predicted molar refractivity (Wildman–Crippen MR) is 348 cm³/mol. The molecule has 9 saturated carbocycles. The van der Waals surface area contributed by atoms with Crippen molar-refractivity contribution < 1.29 is 71.9 Å². The van der Waals surface area contributed by atoms with Crippen LogP contribution in [0.15, 0.2) is 0 Å². The molecule has 0 aromatic rings. The summed E-state index contributed by atoms with van der Waals surface area (Å²) in [6, 6.07) is 0. The van der Waals surface area contributed by atoms with E-state index in [9.17, 15) is 43.5 Å². The molecule has 2 aliphatic heterocycles. The number of likely N-dealkylation sites (N-methyl/N-ethyl adjacent to an activating group) is 1. The minimum Gasteiger partial charge on any atom is -0.463 e. The van der Waals surface area contributed by atoms with Crippen LogP contribution in [0, 0.1) is 80.3 Å². The van der Waals surface area contributed by atoms with Crippen LogP contribution in [0.1, 0.15) is 293 Å². The van der Waals surface area contributed by atoms with Gasteiger partial charge in [0.25, 0.3) is 5.91 Å². The normalized spacial score (nSPS) is 32.4. The zero-order valence-corrected chi connectivity index (χ0v) is 60.3. The lowest BCUT2D eigenvalue weighted by Gasteiger charge is -2.59. The van der Waals surface area contributed by atoms with E-state index in [1.807, 2.05) is 104 Å². The Bertz CT molecular complexity index is 2460. The molecule has 11 fully saturated rings. The van der Waals surface area contributed by atoms with Gasteiger partial charge in [0.15, 0.2) is 11.7 Å². The largest absolute Gasteiger partial charge is 0.463 e. The summed E-state index contributed by atoms with van der Waals surface area (Å²) in [5, 5.41) is 10.6. The summed E-state index contributed by atoms with van der Waals surface area (Å²) in [5.74, 6) is 6.86. The van der Waals surface area contributed by atoms with Gasteiger partial charge in [-0.15, -0.1) is 0 Å². The smallest absolute Gasteiger partial charge is 0.312 e. The first-order valence-corrected chi connectivity index (χ1v) is 35.3. The van der Waals surface area contributed by atoms with Crippen LogP contribution in [-0.2, 0) is 66.8 Å². The van der Waals surface area contributed by atoms with Crippen molar-refractivity contribution in [2.24, 2.45) is 80.3 Å². The summed E-state index contributed by atoms with van der Waals surface area (Å²) in [6.07, 6.45) is 22.4. The molecule has 0 aromatic heterocycles. The van der Waals surface area contributed by atoms with Crippen molar-refractivity contribution in [2.75, 3.05) is 7.05 Å². The van der Waals surface area contributed by atoms with Gasteiger partial charge in [-0.2, -0.15) is 0 Å².